The van der Waals surface area contributed by atoms with Gasteiger partial charge in [-0.1, -0.05) is 0 Å². The number of hydrogen-bond donors (Lipinski definition) is 2. The summed E-state index contributed by atoms with van der Waals surface area (Å²) in [6.45, 7) is 7.11. The third kappa shape index (κ3) is 4.92. The Balaban J connectivity index is 1.75. The van der Waals surface area contributed by atoms with Crippen LogP contribution in [0.5, 0.6) is 0 Å². The fourth-order valence-electron chi connectivity index (χ4n) is 2.12. The summed E-state index contributed by atoms with van der Waals surface area (Å²) in [6, 6.07) is -0.133. The van der Waals surface area contributed by atoms with Gasteiger partial charge < -0.3 is 15.8 Å². The van der Waals surface area contributed by atoms with Gasteiger partial charge in [0.25, 0.3) is 0 Å². The lowest BCUT2D eigenvalue weighted by molar-refractivity contribution is -0.116. The van der Waals surface area contributed by atoms with E-state index in [0.29, 0.717) is 6.42 Å². The van der Waals surface area contributed by atoms with Crippen LogP contribution >= 0.6 is 0 Å². The molecule has 0 aromatic carbocycles. The summed E-state index contributed by atoms with van der Waals surface area (Å²) >= 11 is 0. The number of carbonyl (C=O) groups excluding carboxylic acids is 1. The molecule has 2 heterocycles. The van der Waals surface area contributed by atoms with Crippen LogP contribution in [-0.2, 0) is 16.1 Å². The number of anilines is 1. The second-order valence-electron chi connectivity index (χ2n) is 5.18. The van der Waals surface area contributed by atoms with Crippen LogP contribution < -0.4 is 11.1 Å². The van der Waals surface area contributed by atoms with Crippen molar-refractivity contribution < 1.29 is 9.53 Å². The highest BCUT2D eigenvalue weighted by Gasteiger charge is 2.11. The Morgan fingerprint density at radius 1 is 1.50 bits per heavy atom. The summed E-state index contributed by atoms with van der Waals surface area (Å²) in [4.78, 5) is 13.9. The first kappa shape index (κ1) is 15.0. The van der Waals surface area contributed by atoms with Crippen molar-refractivity contribution in [2.75, 3.05) is 38.2 Å². The fraction of sp³-hybridized carbons (Fsp3) is 0.692. The number of hydrogen-bond acceptors (Lipinski definition) is 5. The van der Waals surface area contributed by atoms with Crippen molar-refractivity contribution in [2.45, 2.75) is 25.9 Å². The zero-order valence-corrected chi connectivity index (χ0v) is 11.9. The highest BCUT2D eigenvalue weighted by molar-refractivity contribution is 5.90. The molecular weight excluding hydrogens is 258 g/mol. The number of aromatic nitrogens is 2. The molecule has 1 atom stereocenters. The number of carbonyl (C=O) groups is 1. The third-order valence-corrected chi connectivity index (χ3v) is 3.17. The molecule has 1 amide bonds. The quantitative estimate of drug-likeness (QED) is 0.760. The number of rotatable bonds is 6. The minimum atomic E-state index is -0.133. The minimum Gasteiger partial charge on any atom is -0.379 e. The first-order chi connectivity index (χ1) is 9.63. The number of nitrogens with one attached hydrogen (secondary N) is 1. The van der Waals surface area contributed by atoms with Gasteiger partial charge in [0, 0.05) is 38.3 Å². The Bertz CT molecular complexity index is 426. The smallest absolute Gasteiger partial charge is 0.226 e. The molecule has 1 saturated heterocycles. The lowest BCUT2D eigenvalue weighted by Gasteiger charge is -2.26. The summed E-state index contributed by atoms with van der Waals surface area (Å²) in [5, 5.41) is 7.04. The van der Waals surface area contributed by atoms with E-state index in [4.69, 9.17) is 10.5 Å². The molecule has 7 heteroatoms. The van der Waals surface area contributed by atoms with Gasteiger partial charge in [0.1, 0.15) is 0 Å². The maximum absolute atomic E-state index is 11.6. The topological polar surface area (TPSA) is 85.4 Å². The molecule has 0 aliphatic carbocycles. The predicted molar refractivity (Wildman–Crippen MR) is 76.4 cm³/mol. The molecule has 0 bridgehead atoms. The van der Waals surface area contributed by atoms with Crippen LogP contribution in [0, 0.1) is 0 Å². The van der Waals surface area contributed by atoms with Crippen molar-refractivity contribution in [3.05, 3.63) is 12.4 Å². The predicted octanol–water partition coefficient (Wildman–Crippen LogP) is -0.109. The summed E-state index contributed by atoms with van der Waals surface area (Å²) < 4.78 is 7.15. The van der Waals surface area contributed by atoms with E-state index in [1.165, 1.54) is 0 Å². The van der Waals surface area contributed by atoms with Gasteiger partial charge in [0.2, 0.25) is 5.91 Å². The van der Waals surface area contributed by atoms with E-state index >= 15 is 0 Å². The summed E-state index contributed by atoms with van der Waals surface area (Å²) in [7, 11) is 0. The van der Waals surface area contributed by atoms with E-state index in [2.05, 4.69) is 15.3 Å². The molecule has 0 saturated carbocycles. The molecule has 112 valence electrons. The Morgan fingerprint density at radius 2 is 2.25 bits per heavy atom. The molecule has 1 aliphatic heterocycles. The van der Waals surface area contributed by atoms with Gasteiger partial charge in [-0.05, 0) is 6.92 Å². The molecule has 3 N–H and O–H groups in total. The number of nitrogens with zero attached hydrogens (tertiary/aromatic N) is 3. The Labute approximate surface area is 119 Å². The Kier molecular flexibility index (Phi) is 5.51. The Hall–Kier alpha value is -1.44. The molecule has 1 aromatic rings. The van der Waals surface area contributed by atoms with E-state index in [-0.39, 0.29) is 11.9 Å². The van der Waals surface area contributed by atoms with Gasteiger partial charge in [-0.3, -0.25) is 14.4 Å². The number of amides is 1. The highest BCUT2D eigenvalue weighted by atomic mass is 16.5. The first-order valence-corrected chi connectivity index (χ1v) is 7.01. The summed E-state index contributed by atoms with van der Waals surface area (Å²) in [6.07, 6.45) is 3.83. The van der Waals surface area contributed by atoms with Crippen LogP contribution in [0.4, 0.5) is 5.69 Å². The molecule has 1 aromatic heterocycles. The fourth-order valence-corrected chi connectivity index (χ4v) is 2.12. The molecule has 1 unspecified atom stereocenters. The largest absolute Gasteiger partial charge is 0.379 e. The number of morpholine rings is 1. The number of ether oxygens (including phenoxy) is 1. The molecule has 7 nitrogen and oxygen atoms in total. The maximum Gasteiger partial charge on any atom is 0.226 e. The maximum atomic E-state index is 11.6. The van der Waals surface area contributed by atoms with Gasteiger partial charge in [-0.25, -0.2) is 0 Å². The monoisotopic (exact) mass is 281 g/mol. The van der Waals surface area contributed by atoms with Crippen molar-refractivity contribution in [1.82, 2.24) is 14.7 Å². The molecule has 1 aliphatic rings. The summed E-state index contributed by atoms with van der Waals surface area (Å²) in [5.74, 6) is -0.0762. The van der Waals surface area contributed by atoms with Gasteiger partial charge in [0.05, 0.1) is 31.6 Å². The van der Waals surface area contributed by atoms with E-state index in [1.807, 2.05) is 17.8 Å². The lowest BCUT2D eigenvalue weighted by Crippen LogP contribution is -2.38. The van der Waals surface area contributed by atoms with Crippen LogP contribution in [0.25, 0.3) is 0 Å². The zero-order chi connectivity index (χ0) is 14.4. The lowest BCUT2D eigenvalue weighted by atomic mass is 10.2. The van der Waals surface area contributed by atoms with E-state index < -0.39 is 0 Å². The van der Waals surface area contributed by atoms with E-state index in [0.717, 1.165) is 45.1 Å². The van der Waals surface area contributed by atoms with Crippen LogP contribution in [0.15, 0.2) is 12.4 Å². The standard InChI is InChI=1S/C13H23N5O2/c1-11(14)8-13(19)16-12-9-15-18(10-12)3-2-17-4-6-20-7-5-17/h9-11H,2-8,14H2,1H3,(H,16,19). The van der Waals surface area contributed by atoms with E-state index in [9.17, 15) is 4.79 Å². The normalized spacial score (nSPS) is 17.9. The van der Waals surface area contributed by atoms with Gasteiger partial charge in [-0.15, -0.1) is 0 Å². The zero-order valence-electron chi connectivity index (χ0n) is 11.9. The average Bonchev–Trinajstić information content (AvgIpc) is 2.84. The number of nitrogens with two attached hydrogens (primary N) is 1. The highest BCUT2D eigenvalue weighted by Crippen LogP contribution is 2.06. The van der Waals surface area contributed by atoms with Crippen molar-refractivity contribution in [3.63, 3.8) is 0 Å². The van der Waals surface area contributed by atoms with Crippen LogP contribution in [0.2, 0.25) is 0 Å². The van der Waals surface area contributed by atoms with Crippen molar-refractivity contribution in [2.24, 2.45) is 5.73 Å². The second kappa shape index (κ2) is 7.37. The molecular formula is C13H23N5O2. The average molecular weight is 281 g/mol. The van der Waals surface area contributed by atoms with Crippen molar-refractivity contribution >= 4 is 11.6 Å². The third-order valence-electron chi connectivity index (χ3n) is 3.17. The SMILES string of the molecule is CC(N)CC(=O)Nc1cnn(CCN2CCOCC2)c1. The molecule has 2 rings (SSSR count). The molecule has 0 radical (unpaired) electrons. The van der Waals surface area contributed by atoms with E-state index in [1.54, 1.807) is 6.20 Å². The molecule has 1 fully saturated rings. The molecule has 0 spiro atoms. The van der Waals surface area contributed by atoms with Gasteiger partial charge in [0.15, 0.2) is 0 Å². The van der Waals surface area contributed by atoms with Crippen LogP contribution in [0.1, 0.15) is 13.3 Å². The van der Waals surface area contributed by atoms with Gasteiger partial charge in [-0.2, -0.15) is 5.10 Å². The van der Waals surface area contributed by atoms with Crippen molar-refractivity contribution in [1.29, 1.82) is 0 Å². The van der Waals surface area contributed by atoms with Gasteiger partial charge >= 0.3 is 0 Å². The summed E-state index contributed by atoms with van der Waals surface area (Å²) in [5.41, 5.74) is 6.31. The van der Waals surface area contributed by atoms with Crippen molar-refractivity contribution in [3.8, 4) is 0 Å². The Morgan fingerprint density at radius 3 is 2.95 bits per heavy atom. The van der Waals surface area contributed by atoms with Crippen LogP contribution in [-0.4, -0.2) is 59.5 Å². The van der Waals surface area contributed by atoms with Crippen LogP contribution in [0.3, 0.4) is 0 Å². The second-order valence-corrected chi connectivity index (χ2v) is 5.18. The first-order valence-electron chi connectivity index (χ1n) is 7.01. The molecule has 20 heavy (non-hydrogen) atoms. The minimum absolute atomic E-state index is 0.0762.